The number of rotatable bonds is 4. The van der Waals surface area contributed by atoms with Crippen molar-refractivity contribution in [1.82, 2.24) is 4.90 Å². The maximum Gasteiger partial charge on any atom is 0.410 e. The van der Waals surface area contributed by atoms with E-state index in [1.165, 1.54) is 22.3 Å². The summed E-state index contributed by atoms with van der Waals surface area (Å²) in [5.41, 5.74) is 6.56. The second-order valence-electron chi connectivity index (χ2n) is 10.8. The molecule has 36 heavy (non-hydrogen) atoms. The summed E-state index contributed by atoms with van der Waals surface area (Å²) < 4.78 is 11.4. The number of nitrogens with zero attached hydrogens (tertiary/aromatic N) is 1. The molecular formula is C31H31NO4. The summed E-state index contributed by atoms with van der Waals surface area (Å²) in [5, 5.41) is 0. The number of hydrogen-bond acceptors (Lipinski definition) is 4. The molecule has 2 bridgehead atoms. The molecule has 0 aromatic heterocycles. The van der Waals surface area contributed by atoms with Crippen LogP contribution in [0.25, 0.3) is 11.1 Å². The van der Waals surface area contributed by atoms with Crippen LogP contribution in [0, 0.1) is 5.92 Å². The van der Waals surface area contributed by atoms with Crippen molar-refractivity contribution in [2.45, 2.75) is 50.8 Å². The molecule has 2 fully saturated rings. The molecule has 2 aliphatic heterocycles. The van der Waals surface area contributed by atoms with Gasteiger partial charge in [-0.2, -0.15) is 0 Å². The van der Waals surface area contributed by atoms with Crippen molar-refractivity contribution in [2.24, 2.45) is 5.92 Å². The molecule has 0 saturated carbocycles. The average Bonchev–Trinajstić information content (AvgIpc) is 3.13. The number of morpholine rings is 1. The second kappa shape index (κ2) is 8.90. The number of amides is 1. The van der Waals surface area contributed by atoms with E-state index in [1.807, 2.05) is 41.3 Å². The molecule has 0 spiro atoms. The van der Waals surface area contributed by atoms with E-state index in [1.54, 1.807) is 0 Å². The molecular weight excluding hydrogens is 450 g/mol. The Morgan fingerprint density at radius 2 is 1.56 bits per heavy atom. The second-order valence-corrected chi connectivity index (χ2v) is 10.8. The van der Waals surface area contributed by atoms with E-state index in [2.05, 4.69) is 50.2 Å². The van der Waals surface area contributed by atoms with Gasteiger partial charge in [-0.3, -0.25) is 9.69 Å². The maximum atomic E-state index is 13.7. The van der Waals surface area contributed by atoms with E-state index < -0.39 is 0 Å². The number of hydrogen-bond donors (Lipinski definition) is 0. The minimum absolute atomic E-state index is 0.132. The molecule has 3 aromatic rings. The Hall–Kier alpha value is -3.44. The Labute approximate surface area is 212 Å². The van der Waals surface area contributed by atoms with Crippen LogP contribution in [-0.4, -0.2) is 42.1 Å². The number of carbonyl (C=O) groups excluding carboxylic acids is 2. The van der Waals surface area contributed by atoms with Crippen molar-refractivity contribution in [2.75, 3.05) is 13.2 Å². The van der Waals surface area contributed by atoms with E-state index in [0.29, 0.717) is 26.1 Å². The van der Waals surface area contributed by atoms with Crippen LogP contribution in [0.5, 0.6) is 0 Å². The lowest BCUT2D eigenvalue weighted by atomic mass is 9.78. The van der Waals surface area contributed by atoms with Crippen LogP contribution in [0.1, 0.15) is 53.7 Å². The minimum Gasteiger partial charge on any atom is -0.445 e. The van der Waals surface area contributed by atoms with Gasteiger partial charge in [-0.15, -0.1) is 0 Å². The number of ketones is 1. The molecule has 5 nitrogen and oxygen atoms in total. The molecule has 2 unspecified atom stereocenters. The molecule has 5 heteroatoms. The summed E-state index contributed by atoms with van der Waals surface area (Å²) in [7, 11) is 0. The lowest BCUT2D eigenvalue weighted by Gasteiger charge is -2.47. The van der Waals surface area contributed by atoms with Crippen molar-refractivity contribution >= 4 is 11.9 Å². The third-order valence-electron chi connectivity index (χ3n) is 8.18. The van der Waals surface area contributed by atoms with Gasteiger partial charge in [0.1, 0.15) is 6.61 Å². The van der Waals surface area contributed by atoms with Crippen molar-refractivity contribution in [3.63, 3.8) is 0 Å². The smallest absolute Gasteiger partial charge is 0.410 e. The highest BCUT2D eigenvalue weighted by atomic mass is 16.6. The van der Waals surface area contributed by atoms with Crippen LogP contribution in [0.15, 0.2) is 72.8 Å². The van der Waals surface area contributed by atoms with Gasteiger partial charge in [-0.1, -0.05) is 80.6 Å². The highest BCUT2D eigenvalue weighted by Gasteiger charge is 2.45. The van der Waals surface area contributed by atoms with Crippen LogP contribution in [0.4, 0.5) is 4.79 Å². The van der Waals surface area contributed by atoms with Gasteiger partial charge in [0.05, 0.1) is 25.3 Å². The van der Waals surface area contributed by atoms with Crippen molar-refractivity contribution < 1.29 is 19.1 Å². The molecule has 184 valence electrons. The predicted octanol–water partition coefficient (Wildman–Crippen LogP) is 5.99. The summed E-state index contributed by atoms with van der Waals surface area (Å²) in [6, 6.07) is 24.1. The molecule has 2 saturated heterocycles. The molecule has 2 heterocycles. The van der Waals surface area contributed by atoms with Crippen LogP contribution in [0.2, 0.25) is 0 Å². The predicted molar refractivity (Wildman–Crippen MR) is 138 cm³/mol. The van der Waals surface area contributed by atoms with Gasteiger partial charge < -0.3 is 9.47 Å². The van der Waals surface area contributed by atoms with Gasteiger partial charge in [0.25, 0.3) is 0 Å². The van der Waals surface area contributed by atoms with Crippen LogP contribution >= 0.6 is 0 Å². The monoisotopic (exact) mass is 481 g/mol. The number of carbonyl (C=O) groups is 2. The highest BCUT2D eigenvalue weighted by Crippen LogP contribution is 2.49. The fourth-order valence-electron chi connectivity index (χ4n) is 6.31. The van der Waals surface area contributed by atoms with Gasteiger partial charge in [0.15, 0.2) is 5.78 Å². The Bertz CT molecular complexity index is 1300. The van der Waals surface area contributed by atoms with E-state index in [4.69, 9.17) is 9.47 Å². The van der Waals surface area contributed by atoms with Crippen molar-refractivity contribution in [3.8, 4) is 11.1 Å². The molecule has 6 rings (SSSR count). The maximum absolute atomic E-state index is 13.7. The lowest BCUT2D eigenvalue weighted by molar-refractivity contribution is -0.0755. The van der Waals surface area contributed by atoms with E-state index >= 15 is 0 Å². The number of ether oxygens (including phenoxy) is 2. The number of piperidine rings is 1. The quantitative estimate of drug-likeness (QED) is 0.430. The van der Waals surface area contributed by atoms with E-state index in [9.17, 15) is 9.59 Å². The summed E-state index contributed by atoms with van der Waals surface area (Å²) in [6.45, 7) is 5.58. The number of fused-ring (bicyclic) bond motifs is 5. The summed E-state index contributed by atoms with van der Waals surface area (Å²) in [4.78, 5) is 28.5. The van der Waals surface area contributed by atoms with Gasteiger partial charge in [-0.05, 0) is 46.7 Å². The van der Waals surface area contributed by atoms with Crippen LogP contribution in [-0.2, 0) is 21.5 Å². The number of benzene rings is 3. The highest BCUT2D eigenvalue weighted by molar-refractivity contribution is 5.99. The third-order valence-corrected chi connectivity index (χ3v) is 8.18. The van der Waals surface area contributed by atoms with E-state index in [0.717, 1.165) is 11.1 Å². The first-order valence-corrected chi connectivity index (χ1v) is 12.8. The standard InChI is InChI=1S/C31H31NO4/c1-31(2)27-11-7-6-10-25(27)26-13-12-21(16-28(26)31)29(33)22-14-23-18-35-19-24(15-22)32(23)30(34)36-17-20-8-4-3-5-9-20/h3-13,16,22-24H,14-15,17-19H2,1-2H3. The number of Topliss-reactive ketones (excluding diaryl/α,β-unsaturated/α-hetero) is 1. The Balaban J connectivity index is 1.19. The first-order chi connectivity index (χ1) is 17.4. The van der Waals surface area contributed by atoms with Crippen LogP contribution < -0.4 is 0 Å². The minimum atomic E-state index is -0.319. The zero-order chi connectivity index (χ0) is 24.9. The fraction of sp³-hybridized carbons (Fsp3) is 0.355. The first kappa shape index (κ1) is 23.0. The zero-order valence-corrected chi connectivity index (χ0v) is 20.8. The fourth-order valence-corrected chi connectivity index (χ4v) is 6.31. The molecule has 1 amide bonds. The normalized spacial score (nSPS) is 23.5. The zero-order valence-electron chi connectivity index (χ0n) is 20.8. The van der Waals surface area contributed by atoms with Gasteiger partial charge in [-0.25, -0.2) is 4.79 Å². The van der Waals surface area contributed by atoms with Crippen LogP contribution in [0.3, 0.4) is 0 Å². The first-order valence-electron chi connectivity index (χ1n) is 12.8. The summed E-state index contributed by atoms with van der Waals surface area (Å²) in [5.74, 6) is 0.0331. The topological polar surface area (TPSA) is 55.8 Å². The molecule has 1 aliphatic carbocycles. The Morgan fingerprint density at radius 1 is 0.889 bits per heavy atom. The van der Waals surface area contributed by atoms with Gasteiger partial charge in [0, 0.05) is 16.9 Å². The largest absolute Gasteiger partial charge is 0.445 e. The Morgan fingerprint density at radius 3 is 2.31 bits per heavy atom. The molecule has 0 N–H and O–H groups in total. The summed E-state index contributed by atoms with van der Waals surface area (Å²) >= 11 is 0. The average molecular weight is 482 g/mol. The molecule has 3 aliphatic rings. The SMILES string of the molecule is CC1(C)c2ccccc2-c2ccc(C(=O)C3CC4COCC(C3)N4C(=O)OCc3ccccc3)cc21. The van der Waals surface area contributed by atoms with Gasteiger partial charge in [0.2, 0.25) is 0 Å². The Kier molecular flexibility index (Phi) is 5.68. The molecule has 0 radical (unpaired) electrons. The van der Waals surface area contributed by atoms with Gasteiger partial charge >= 0.3 is 6.09 Å². The lowest BCUT2D eigenvalue weighted by Crippen LogP contribution is -2.59. The van der Waals surface area contributed by atoms with Crippen molar-refractivity contribution in [3.05, 3.63) is 95.1 Å². The third kappa shape index (κ3) is 3.82. The van der Waals surface area contributed by atoms with E-state index in [-0.39, 0.29) is 41.9 Å². The van der Waals surface area contributed by atoms with Crippen molar-refractivity contribution in [1.29, 1.82) is 0 Å². The molecule has 3 aromatic carbocycles. The summed E-state index contributed by atoms with van der Waals surface area (Å²) in [6.07, 6.45) is 0.868. The molecule has 2 atom stereocenters.